The molecule has 0 aliphatic carbocycles. The van der Waals surface area contributed by atoms with E-state index in [9.17, 15) is 13.2 Å². The highest BCUT2D eigenvalue weighted by molar-refractivity contribution is 7.89. The van der Waals surface area contributed by atoms with Gasteiger partial charge in [0.25, 0.3) is 0 Å². The van der Waals surface area contributed by atoms with Crippen molar-refractivity contribution in [3.8, 4) is 11.5 Å². The standard InChI is InChI=1S/C17H19NO6S/c1-23-13-5-3-12(4-6-13)16(11-17(19)20)18-25(21,22)15-9-7-14(24-2)8-10-15/h3-10,16,18H,11H2,1-2H3,(H,19,20). The Hall–Kier alpha value is -2.58. The van der Waals surface area contributed by atoms with Crippen molar-refractivity contribution in [2.45, 2.75) is 17.4 Å². The van der Waals surface area contributed by atoms with Crippen molar-refractivity contribution in [2.75, 3.05) is 14.2 Å². The van der Waals surface area contributed by atoms with Gasteiger partial charge in [-0.3, -0.25) is 4.79 Å². The van der Waals surface area contributed by atoms with Crippen LogP contribution in [0.1, 0.15) is 18.0 Å². The number of carbonyl (C=O) groups is 1. The van der Waals surface area contributed by atoms with Crippen LogP contribution in [-0.2, 0) is 14.8 Å². The second-order valence-electron chi connectivity index (χ2n) is 5.22. The Balaban J connectivity index is 2.29. The van der Waals surface area contributed by atoms with Gasteiger partial charge in [0.05, 0.1) is 31.6 Å². The van der Waals surface area contributed by atoms with Crippen molar-refractivity contribution < 1.29 is 27.8 Å². The maximum atomic E-state index is 12.6. The lowest BCUT2D eigenvalue weighted by Crippen LogP contribution is -2.30. The summed E-state index contributed by atoms with van der Waals surface area (Å²) in [6.07, 6.45) is -0.387. The average molecular weight is 365 g/mol. The van der Waals surface area contributed by atoms with E-state index in [0.29, 0.717) is 17.1 Å². The Morgan fingerprint density at radius 2 is 1.48 bits per heavy atom. The van der Waals surface area contributed by atoms with E-state index in [1.165, 1.54) is 38.5 Å². The largest absolute Gasteiger partial charge is 0.497 e. The second kappa shape index (κ2) is 8.00. The van der Waals surface area contributed by atoms with Crippen LogP contribution in [0.5, 0.6) is 11.5 Å². The van der Waals surface area contributed by atoms with Crippen molar-refractivity contribution in [2.24, 2.45) is 0 Å². The number of nitrogens with one attached hydrogen (secondary N) is 1. The zero-order chi connectivity index (χ0) is 18.4. The molecule has 0 heterocycles. The van der Waals surface area contributed by atoms with E-state index in [1.807, 2.05) is 0 Å². The van der Waals surface area contributed by atoms with Crippen LogP contribution in [0, 0.1) is 0 Å². The molecule has 2 aromatic carbocycles. The maximum absolute atomic E-state index is 12.6. The summed E-state index contributed by atoms with van der Waals surface area (Å²) in [5.74, 6) is 0.00489. The van der Waals surface area contributed by atoms with Crippen LogP contribution in [0.25, 0.3) is 0 Å². The Morgan fingerprint density at radius 3 is 1.92 bits per heavy atom. The summed E-state index contributed by atoms with van der Waals surface area (Å²) in [6.45, 7) is 0. The number of hydrogen-bond donors (Lipinski definition) is 2. The minimum atomic E-state index is -3.89. The summed E-state index contributed by atoms with van der Waals surface area (Å²) in [6, 6.07) is 11.5. The number of carboxylic acids is 1. The number of ether oxygens (including phenoxy) is 2. The SMILES string of the molecule is COc1ccc(C(CC(=O)O)NS(=O)(=O)c2ccc(OC)cc2)cc1. The van der Waals surface area contributed by atoms with Gasteiger partial charge in [-0.25, -0.2) is 13.1 Å². The molecule has 0 amide bonds. The Bertz CT molecular complexity index is 815. The minimum absolute atomic E-state index is 0.0252. The topological polar surface area (TPSA) is 102 Å². The fourth-order valence-electron chi connectivity index (χ4n) is 2.25. The van der Waals surface area contributed by atoms with E-state index in [1.54, 1.807) is 24.3 Å². The van der Waals surface area contributed by atoms with Crippen LogP contribution in [0.3, 0.4) is 0 Å². The first kappa shape index (κ1) is 18.8. The zero-order valence-electron chi connectivity index (χ0n) is 13.8. The van der Waals surface area contributed by atoms with Crippen molar-refractivity contribution in [3.63, 3.8) is 0 Å². The molecule has 0 aliphatic heterocycles. The second-order valence-corrected chi connectivity index (χ2v) is 6.93. The molecule has 0 aliphatic rings. The third-order valence-electron chi connectivity index (χ3n) is 3.56. The van der Waals surface area contributed by atoms with Crippen LogP contribution in [0.2, 0.25) is 0 Å². The highest BCUT2D eigenvalue weighted by Gasteiger charge is 2.23. The fourth-order valence-corrected chi connectivity index (χ4v) is 3.47. The molecule has 8 heteroatoms. The first-order valence-corrected chi connectivity index (χ1v) is 8.86. The molecule has 0 radical (unpaired) electrons. The molecule has 134 valence electrons. The summed E-state index contributed by atoms with van der Waals surface area (Å²) in [7, 11) is -0.904. The normalized spacial score (nSPS) is 12.4. The smallest absolute Gasteiger partial charge is 0.305 e. The van der Waals surface area contributed by atoms with Crippen LogP contribution >= 0.6 is 0 Å². The summed E-state index contributed by atoms with van der Waals surface area (Å²) in [5.41, 5.74) is 0.528. The lowest BCUT2D eigenvalue weighted by atomic mass is 10.0. The molecule has 2 aromatic rings. The highest BCUT2D eigenvalue weighted by atomic mass is 32.2. The Labute approximate surface area is 146 Å². The van der Waals surface area contributed by atoms with Crippen LogP contribution < -0.4 is 14.2 Å². The molecule has 2 rings (SSSR count). The maximum Gasteiger partial charge on any atom is 0.305 e. The van der Waals surface area contributed by atoms with E-state index < -0.39 is 22.0 Å². The number of carboxylic acid groups (broad SMARTS) is 1. The van der Waals surface area contributed by atoms with Gasteiger partial charge in [0, 0.05) is 0 Å². The number of benzene rings is 2. The number of hydrogen-bond acceptors (Lipinski definition) is 5. The fraction of sp³-hybridized carbons (Fsp3) is 0.235. The lowest BCUT2D eigenvalue weighted by Gasteiger charge is -2.18. The van der Waals surface area contributed by atoms with Crippen molar-refractivity contribution in [1.29, 1.82) is 0 Å². The zero-order valence-corrected chi connectivity index (χ0v) is 14.6. The first-order valence-electron chi connectivity index (χ1n) is 7.38. The molecule has 0 aromatic heterocycles. The van der Waals surface area contributed by atoms with Gasteiger partial charge in [-0.05, 0) is 42.0 Å². The van der Waals surface area contributed by atoms with E-state index in [-0.39, 0.29) is 11.3 Å². The van der Waals surface area contributed by atoms with Crippen LogP contribution in [0.15, 0.2) is 53.4 Å². The summed E-state index contributed by atoms with van der Waals surface area (Å²) >= 11 is 0. The van der Waals surface area contributed by atoms with Gasteiger partial charge < -0.3 is 14.6 Å². The van der Waals surface area contributed by atoms with E-state index in [4.69, 9.17) is 14.6 Å². The van der Waals surface area contributed by atoms with Crippen molar-refractivity contribution in [1.82, 2.24) is 4.72 Å². The molecule has 0 fully saturated rings. The number of sulfonamides is 1. The van der Waals surface area contributed by atoms with Gasteiger partial charge in [0.2, 0.25) is 10.0 Å². The van der Waals surface area contributed by atoms with E-state index >= 15 is 0 Å². The minimum Gasteiger partial charge on any atom is -0.497 e. The van der Waals surface area contributed by atoms with Gasteiger partial charge in [-0.2, -0.15) is 0 Å². The Kier molecular flexibility index (Phi) is 6.00. The summed E-state index contributed by atoms with van der Waals surface area (Å²) in [5, 5.41) is 9.11. The first-order chi connectivity index (χ1) is 11.9. The molecule has 7 nitrogen and oxygen atoms in total. The van der Waals surface area contributed by atoms with Gasteiger partial charge in [-0.1, -0.05) is 12.1 Å². The molecule has 2 N–H and O–H groups in total. The molecule has 0 saturated carbocycles. The molecule has 1 atom stereocenters. The number of methoxy groups -OCH3 is 2. The molecular formula is C17H19NO6S. The third kappa shape index (κ3) is 4.94. The average Bonchev–Trinajstić information content (AvgIpc) is 2.60. The molecule has 1 unspecified atom stereocenters. The predicted molar refractivity (Wildman–Crippen MR) is 91.3 cm³/mol. The highest BCUT2D eigenvalue weighted by Crippen LogP contribution is 2.23. The summed E-state index contributed by atoms with van der Waals surface area (Å²) < 4.78 is 37.6. The molecule has 0 bridgehead atoms. The molecule has 0 spiro atoms. The number of rotatable bonds is 8. The van der Waals surface area contributed by atoms with Gasteiger partial charge in [0.15, 0.2) is 0 Å². The third-order valence-corrected chi connectivity index (χ3v) is 5.05. The van der Waals surface area contributed by atoms with E-state index in [2.05, 4.69) is 4.72 Å². The Morgan fingerprint density at radius 1 is 1.00 bits per heavy atom. The molecular weight excluding hydrogens is 346 g/mol. The van der Waals surface area contributed by atoms with E-state index in [0.717, 1.165) is 0 Å². The summed E-state index contributed by atoms with van der Waals surface area (Å²) in [4.78, 5) is 11.2. The molecule has 25 heavy (non-hydrogen) atoms. The monoisotopic (exact) mass is 365 g/mol. The van der Waals surface area contributed by atoms with Gasteiger partial charge >= 0.3 is 5.97 Å². The quantitative estimate of drug-likeness (QED) is 0.744. The molecule has 0 saturated heterocycles. The van der Waals surface area contributed by atoms with Gasteiger partial charge in [-0.15, -0.1) is 0 Å². The van der Waals surface area contributed by atoms with Crippen LogP contribution in [-0.4, -0.2) is 33.7 Å². The van der Waals surface area contributed by atoms with Crippen LogP contribution in [0.4, 0.5) is 0 Å². The number of aliphatic carboxylic acids is 1. The van der Waals surface area contributed by atoms with Crippen molar-refractivity contribution in [3.05, 3.63) is 54.1 Å². The lowest BCUT2D eigenvalue weighted by molar-refractivity contribution is -0.137. The van der Waals surface area contributed by atoms with Crippen molar-refractivity contribution >= 4 is 16.0 Å². The van der Waals surface area contributed by atoms with Gasteiger partial charge in [0.1, 0.15) is 11.5 Å². The predicted octanol–water partition coefficient (Wildman–Crippen LogP) is 2.20.